The number of para-hydroxylation sites is 2. The summed E-state index contributed by atoms with van der Waals surface area (Å²) in [5, 5.41) is 3.41. The molecule has 1 saturated heterocycles. The van der Waals surface area contributed by atoms with Gasteiger partial charge in [-0.25, -0.2) is 0 Å². The van der Waals surface area contributed by atoms with Gasteiger partial charge in [-0.15, -0.1) is 0 Å². The molecule has 0 saturated carbocycles. The predicted molar refractivity (Wildman–Crippen MR) is 94.6 cm³/mol. The Kier molecular flexibility index (Phi) is 4.11. The van der Waals surface area contributed by atoms with Gasteiger partial charge in [0.05, 0.1) is 17.8 Å². The molecule has 4 rings (SSSR count). The number of hydrogen-bond donors (Lipinski definition) is 1. The fourth-order valence-electron chi connectivity index (χ4n) is 3.56. The molecular formula is C20H22N2O2. The van der Waals surface area contributed by atoms with E-state index in [1.54, 1.807) is 0 Å². The van der Waals surface area contributed by atoms with Crippen LogP contribution in [0.15, 0.2) is 48.5 Å². The lowest BCUT2D eigenvalue weighted by molar-refractivity contribution is 0.0773. The first kappa shape index (κ1) is 15.1. The molecule has 124 valence electrons. The van der Waals surface area contributed by atoms with E-state index in [4.69, 9.17) is 4.74 Å². The first-order valence-corrected chi connectivity index (χ1v) is 8.68. The van der Waals surface area contributed by atoms with E-state index in [0.29, 0.717) is 6.54 Å². The average Bonchev–Trinajstić information content (AvgIpc) is 3.10. The summed E-state index contributed by atoms with van der Waals surface area (Å²) in [6, 6.07) is 15.9. The van der Waals surface area contributed by atoms with E-state index < -0.39 is 0 Å². The third-order valence-corrected chi connectivity index (χ3v) is 4.78. The summed E-state index contributed by atoms with van der Waals surface area (Å²) in [7, 11) is 0. The van der Waals surface area contributed by atoms with Gasteiger partial charge in [-0.2, -0.15) is 0 Å². The number of carbonyl (C=O) groups is 1. The quantitative estimate of drug-likeness (QED) is 0.942. The second kappa shape index (κ2) is 6.56. The maximum atomic E-state index is 12.9. The minimum Gasteiger partial charge on any atom is -0.489 e. The zero-order valence-electron chi connectivity index (χ0n) is 13.7. The number of anilines is 1. The van der Waals surface area contributed by atoms with Crippen molar-refractivity contribution in [3.8, 4) is 5.75 Å². The van der Waals surface area contributed by atoms with E-state index >= 15 is 0 Å². The van der Waals surface area contributed by atoms with Crippen molar-refractivity contribution in [2.24, 2.45) is 0 Å². The fourth-order valence-corrected chi connectivity index (χ4v) is 3.56. The molecule has 1 atom stereocenters. The number of ether oxygens (including phenoxy) is 1. The Morgan fingerprint density at radius 2 is 2.00 bits per heavy atom. The topological polar surface area (TPSA) is 41.6 Å². The van der Waals surface area contributed by atoms with Crippen LogP contribution in [0.5, 0.6) is 5.75 Å². The number of fused-ring (bicyclic) bond motifs is 1. The molecule has 2 aliphatic rings. The molecule has 2 aromatic rings. The number of aryl methyl sites for hydroxylation is 1. The Balaban J connectivity index is 1.46. The highest BCUT2D eigenvalue weighted by atomic mass is 16.5. The SMILES string of the molecule is O=C(c1cccc2c1NCCC2)N1CC[C@H](Oc2ccccc2)C1. The molecule has 2 aliphatic heterocycles. The molecule has 4 nitrogen and oxygen atoms in total. The van der Waals surface area contributed by atoms with E-state index in [1.165, 1.54) is 5.56 Å². The summed E-state index contributed by atoms with van der Waals surface area (Å²) in [6.07, 6.45) is 3.12. The van der Waals surface area contributed by atoms with Crippen LogP contribution in [0.1, 0.15) is 28.8 Å². The van der Waals surface area contributed by atoms with Crippen LogP contribution < -0.4 is 10.1 Å². The van der Waals surface area contributed by atoms with E-state index in [2.05, 4.69) is 11.4 Å². The van der Waals surface area contributed by atoms with Gasteiger partial charge in [0.15, 0.2) is 0 Å². The minimum atomic E-state index is 0.0730. The number of nitrogens with one attached hydrogen (secondary N) is 1. The highest BCUT2D eigenvalue weighted by Crippen LogP contribution is 2.28. The molecule has 2 heterocycles. The molecule has 0 unspecified atom stereocenters. The summed E-state index contributed by atoms with van der Waals surface area (Å²) < 4.78 is 5.99. The molecule has 4 heteroatoms. The van der Waals surface area contributed by atoms with Crippen LogP contribution >= 0.6 is 0 Å². The van der Waals surface area contributed by atoms with Crippen molar-refractivity contribution in [3.05, 3.63) is 59.7 Å². The first-order valence-electron chi connectivity index (χ1n) is 8.68. The third-order valence-electron chi connectivity index (χ3n) is 4.78. The maximum absolute atomic E-state index is 12.9. The molecule has 0 aliphatic carbocycles. The fraction of sp³-hybridized carbons (Fsp3) is 0.350. The van der Waals surface area contributed by atoms with Gasteiger partial charge < -0.3 is 15.0 Å². The first-order chi connectivity index (χ1) is 11.8. The summed E-state index contributed by atoms with van der Waals surface area (Å²) in [6.45, 7) is 2.34. The summed E-state index contributed by atoms with van der Waals surface area (Å²) in [5.74, 6) is 0.982. The molecule has 0 radical (unpaired) electrons. The summed E-state index contributed by atoms with van der Waals surface area (Å²) in [5.41, 5.74) is 3.08. The van der Waals surface area contributed by atoms with Crippen LogP contribution in [-0.2, 0) is 6.42 Å². The van der Waals surface area contributed by atoms with Crippen LogP contribution in [0.25, 0.3) is 0 Å². The van der Waals surface area contributed by atoms with E-state index in [0.717, 1.165) is 49.4 Å². The highest BCUT2D eigenvalue weighted by molar-refractivity contribution is 6.00. The Morgan fingerprint density at radius 3 is 2.88 bits per heavy atom. The second-order valence-corrected chi connectivity index (χ2v) is 6.46. The van der Waals surface area contributed by atoms with Crippen LogP contribution in [0, 0.1) is 0 Å². The number of nitrogens with zero attached hydrogens (tertiary/aromatic N) is 1. The summed E-state index contributed by atoms with van der Waals surface area (Å²) >= 11 is 0. The van der Waals surface area contributed by atoms with Crippen LogP contribution in [0.2, 0.25) is 0 Å². The van der Waals surface area contributed by atoms with Gasteiger partial charge in [-0.05, 0) is 36.6 Å². The lowest BCUT2D eigenvalue weighted by Crippen LogP contribution is -2.32. The van der Waals surface area contributed by atoms with E-state index in [9.17, 15) is 4.79 Å². The van der Waals surface area contributed by atoms with E-state index in [1.807, 2.05) is 47.4 Å². The van der Waals surface area contributed by atoms with Crippen molar-refractivity contribution in [2.45, 2.75) is 25.4 Å². The van der Waals surface area contributed by atoms with Crippen molar-refractivity contribution in [3.63, 3.8) is 0 Å². The lowest BCUT2D eigenvalue weighted by atomic mass is 9.99. The average molecular weight is 322 g/mol. The largest absolute Gasteiger partial charge is 0.489 e. The Bertz CT molecular complexity index is 730. The summed E-state index contributed by atoms with van der Waals surface area (Å²) in [4.78, 5) is 14.9. The van der Waals surface area contributed by atoms with E-state index in [-0.39, 0.29) is 12.0 Å². The maximum Gasteiger partial charge on any atom is 0.256 e. The van der Waals surface area contributed by atoms with Gasteiger partial charge in [0.25, 0.3) is 5.91 Å². The third kappa shape index (κ3) is 2.96. The van der Waals surface area contributed by atoms with Gasteiger partial charge in [0, 0.05) is 19.5 Å². The number of rotatable bonds is 3. The standard InChI is InChI=1S/C20H22N2O2/c23-20(18-10-4-6-15-7-5-12-21-19(15)18)22-13-11-17(14-22)24-16-8-2-1-3-9-16/h1-4,6,8-10,17,21H,5,7,11-14H2/t17-/m0/s1. The zero-order valence-corrected chi connectivity index (χ0v) is 13.7. The minimum absolute atomic E-state index is 0.0730. The van der Waals surface area contributed by atoms with Crippen molar-refractivity contribution in [1.29, 1.82) is 0 Å². The van der Waals surface area contributed by atoms with Gasteiger partial charge in [0.2, 0.25) is 0 Å². The van der Waals surface area contributed by atoms with Crippen molar-refractivity contribution >= 4 is 11.6 Å². The smallest absolute Gasteiger partial charge is 0.256 e. The highest BCUT2D eigenvalue weighted by Gasteiger charge is 2.30. The molecule has 1 fully saturated rings. The molecule has 0 spiro atoms. The molecule has 24 heavy (non-hydrogen) atoms. The predicted octanol–water partition coefficient (Wildman–Crippen LogP) is 3.34. The van der Waals surface area contributed by atoms with Crippen LogP contribution in [-0.4, -0.2) is 36.5 Å². The Labute approximate surface area is 142 Å². The molecule has 1 amide bonds. The molecular weight excluding hydrogens is 300 g/mol. The van der Waals surface area contributed by atoms with Crippen LogP contribution in [0.3, 0.4) is 0 Å². The monoisotopic (exact) mass is 322 g/mol. The van der Waals surface area contributed by atoms with Gasteiger partial charge in [-0.1, -0.05) is 30.3 Å². The van der Waals surface area contributed by atoms with Crippen LogP contribution in [0.4, 0.5) is 5.69 Å². The Hall–Kier alpha value is -2.49. The number of likely N-dealkylation sites (tertiary alicyclic amines) is 1. The van der Waals surface area contributed by atoms with Crippen molar-refractivity contribution < 1.29 is 9.53 Å². The van der Waals surface area contributed by atoms with Crippen molar-refractivity contribution in [2.75, 3.05) is 25.0 Å². The van der Waals surface area contributed by atoms with Gasteiger partial charge in [0.1, 0.15) is 11.9 Å². The molecule has 0 bridgehead atoms. The Morgan fingerprint density at radius 1 is 1.12 bits per heavy atom. The number of carbonyl (C=O) groups excluding carboxylic acids is 1. The molecule has 0 aromatic heterocycles. The molecule has 2 aromatic carbocycles. The number of hydrogen-bond acceptors (Lipinski definition) is 3. The molecule has 1 N–H and O–H groups in total. The lowest BCUT2D eigenvalue weighted by Gasteiger charge is -2.23. The normalized spacial score (nSPS) is 19.5. The number of amides is 1. The van der Waals surface area contributed by atoms with Gasteiger partial charge >= 0.3 is 0 Å². The number of benzene rings is 2. The zero-order chi connectivity index (χ0) is 16.4. The second-order valence-electron chi connectivity index (χ2n) is 6.46. The van der Waals surface area contributed by atoms with Crippen molar-refractivity contribution in [1.82, 2.24) is 4.90 Å². The van der Waals surface area contributed by atoms with Gasteiger partial charge in [-0.3, -0.25) is 4.79 Å².